The number of aromatic hydroxyl groups is 1. The van der Waals surface area contributed by atoms with Crippen molar-refractivity contribution in [3.63, 3.8) is 0 Å². The van der Waals surface area contributed by atoms with E-state index >= 15 is 0 Å². The molecule has 0 radical (unpaired) electrons. The van der Waals surface area contributed by atoms with E-state index in [-0.39, 0.29) is 36.5 Å². The van der Waals surface area contributed by atoms with Gasteiger partial charge in [-0.25, -0.2) is 0 Å². The number of halogens is 2. The molecule has 1 aromatic heterocycles. The van der Waals surface area contributed by atoms with Crippen molar-refractivity contribution < 1.29 is 10.2 Å². The molecule has 1 aliphatic rings. The van der Waals surface area contributed by atoms with Crippen molar-refractivity contribution in [2.45, 2.75) is 37.7 Å². The molecule has 0 aromatic carbocycles. The van der Waals surface area contributed by atoms with E-state index < -0.39 is 5.60 Å². The summed E-state index contributed by atoms with van der Waals surface area (Å²) in [6, 6.07) is 1.65. The molecule has 2 N–H and O–H groups in total. The highest BCUT2D eigenvalue weighted by molar-refractivity contribution is 5.85. The molecule has 0 amide bonds. The van der Waals surface area contributed by atoms with Gasteiger partial charge in [-0.3, -0.25) is 4.98 Å². The fourth-order valence-corrected chi connectivity index (χ4v) is 3.13. The third kappa shape index (κ3) is 4.99. The predicted octanol–water partition coefficient (Wildman–Crippen LogP) is 2.96. The number of rotatable bonds is 3. The summed E-state index contributed by atoms with van der Waals surface area (Å²) in [6.45, 7) is 0.853. The third-order valence-electron chi connectivity index (χ3n) is 4.10. The summed E-state index contributed by atoms with van der Waals surface area (Å²) in [4.78, 5) is 6.15. The van der Waals surface area contributed by atoms with Crippen molar-refractivity contribution in [2.24, 2.45) is 5.92 Å². The fourth-order valence-electron chi connectivity index (χ4n) is 3.13. The number of aromatic nitrogens is 1. The molecule has 1 aliphatic carbocycles. The molecule has 122 valence electrons. The molecule has 1 heterocycles. The van der Waals surface area contributed by atoms with Gasteiger partial charge < -0.3 is 15.1 Å². The highest BCUT2D eigenvalue weighted by Gasteiger charge is 2.39. The molecule has 0 saturated heterocycles. The van der Waals surface area contributed by atoms with Crippen LogP contribution in [0.5, 0.6) is 5.75 Å². The van der Waals surface area contributed by atoms with Gasteiger partial charge in [0.2, 0.25) is 0 Å². The Balaban J connectivity index is 0.00000200. The van der Waals surface area contributed by atoms with Gasteiger partial charge in [-0.15, -0.1) is 24.8 Å². The number of hydrogen-bond acceptors (Lipinski definition) is 4. The Bertz CT molecular complexity index is 432. The van der Waals surface area contributed by atoms with E-state index in [2.05, 4.69) is 9.88 Å². The first-order valence-electron chi connectivity index (χ1n) is 7.04. The summed E-state index contributed by atoms with van der Waals surface area (Å²) < 4.78 is 0. The SMILES string of the molecule is CN(C)CC1CCCCCC1(O)c1cncc(O)c1.Cl.Cl. The van der Waals surface area contributed by atoms with E-state index in [1.807, 2.05) is 14.1 Å². The van der Waals surface area contributed by atoms with Gasteiger partial charge in [-0.2, -0.15) is 0 Å². The molecule has 0 spiro atoms. The topological polar surface area (TPSA) is 56.6 Å². The first-order chi connectivity index (χ1) is 9.02. The van der Waals surface area contributed by atoms with Crippen molar-refractivity contribution in [1.29, 1.82) is 0 Å². The zero-order chi connectivity index (χ0) is 13.9. The zero-order valence-corrected chi connectivity index (χ0v) is 14.3. The van der Waals surface area contributed by atoms with Crippen LogP contribution in [0.25, 0.3) is 0 Å². The van der Waals surface area contributed by atoms with E-state index in [1.165, 1.54) is 12.6 Å². The lowest BCUT2D eigenvalue weighted by Gasteiger charge is -2.36. The van der Waals surface area contributed by atoms with Gasteiger partial charge in [-0.05, 0) is 33.0 Å². The molecular weight excluding hydrogens is 311 g/mol. The molecule has 2 atom stereocenters. The van der Waals surface area contributed by atoms with Crippen LogP contribution in [0.15, 0.2) is 18.5 Å². The maximum absolute atomic E-state index is 11.2. The van der Waals surface area contributed by atoms with E-state index in [9.17, 15) is 10.2 Å². The fraction of sp³-hybridized carbons (Fsp3) is 0.667. The van der Waals surface area contributed by atoms with Crippen molar-refractivity contribution in [3.05, 3.63) is 24.0 Å². The van der Waals surface area contributed by atoms with Crippen molar-refractivity contribution in [2.75, 3.05) is 20.6 Å². The smallest absolute Gasteiger partial charge is 0.134 e. The van der Waals surface area contributed by atoms with Gasteiger partial charge >= 0.3 is 0 Å². The van der Waals surface area contributed by atoms with Crippen molar-refractivity contribution >= 4 is 24.8 Å². The second-order valence-corrected chi connectivity index (χ2v) is 5.91. The van der Waals surface area contributed by atoms with Crippen LogP contribution in [0.2, 0.25) is 0 Å². The maximum Gasteiger partial charge on any atom is 0.134 e. The molecule has 1 aromatic rings. The van der Waals surface area contributed by atoms with Crippen LogP contribution in [0.1, 0.15) is 37.7 Å². The van der Waals surface area contributed by atoms with Gasteiger partial charge in [0.05, 0.1) is 11.8 Å². The van der Waals surface area contributed by atoms with Gasteiger partial charge in [-0.1, -0.05) is 19.3 Å². The first kappa shape index (κ1) is 20.5. The van der Waals surface area contributed by atoms with Crippen LogP contribution < -0.4 is 0 Å². The highest BCUT2D eigenvalue weighted by atomic mass is 35.5. The summed E-state index contributed by atoms with van der Waals surface area (Å²) in [6.07, 6.45) is 8.21. The highest BCUT2D eigenvalue weighted by Crippen LogP contribution is 2.41. The molecule has 1 fully saturated rings. The Kier molecular flexibility index (Phi) is 8.56. The van der Waals surface area contributed by atoms with Crippen molar-refractivity contribution in [1.82, 2.24) is 9.88 Å². The van der Waals surface area contributed by atoms with Crippen LogP contribution in [0.4, 0.5) is 0 Å². The molecule has 4 nitrogen and oxygen atoms in total. The maximum atomic E-state index is 11.2. The molecule has 6 heteroatoms. The van der Waals surface area contributed by atoms with Gasteiger partial charge in [0, 0.05) is 24.2 Å². The Morgan fingerprint density at radius 1 is 1.24 bits per heavy atom. The molecule has 0 aliphatic heterocycles. The molecular formula is C15H26Cl2N2O2. The van der Waals surface area contributed by atoms with Gasteiger partial charge in [0.25, 0.3) is 0 Å². The van der Waals surface area contributed by atoms with Gasteiger partial charge in [0.1, 0.15) is 5.75 Å². The predicted molar refractivity (Wildman–Crippen MR) is 89.4 cm³/mol. The number of aliphatic hydroxyl groups is 1. The zero-order valence-electron chi connectivity index (χ0n) is 12.7. The quantitative estimate of drug-likeness (QED) is 0.833. The van der Waals surface area contributed by atoms with Crippen LogP contribution in [0.3, 0.4) is 0 Å². The molecule has 2 unspecified atom stereocenters. The minimum atomic E-state index is -0.869. The summed E-state index contributed by atoms with van der Waals surface area (Å²) in [5.41, 5.74) is -0.117. The van der Waals surface area contributed by atoms with E-state index in [1.54, 1.807) is 12.3 Å². The molecule has 1 saturated carbocycles. The second-order valence-electron chi connectivity index (χ2n) is 5.91. The minimum Gasteiger partial charge on any atom is -0.506 e. The van der Waals surface area contributed by atoms with E-state index in [0.717, 1.165) is 37.8 Å². The van der Waals surface area contributed by atoms with Crippen LogP contribution in [-0.4, -0.2) is 40.7 Å². The Hall–Kier alpha value is -0.550. The lowest BCUT2D eigenvalue weighted by Crippen LogP contribution is -2.40. The Morgan fingerprint density at radius 3 is 2.57 bits per heavy atom. The third-order valence-corrected chi connectivity index (χ3v) is 4.10. The number of pyridine rings is 1. The monoisotopic (exact) mass is 336 g/mol. The van der Waals surface area contributed by atoms with Crippen LogP contribution in [-0.2, 0) is 5.60 Å². The minimum absolute atomic E-state index is 0. The summed E-state index contributed by atoms with van der Waals surface area (Å²) in [5.74, 6) is 0.312. The first-order valence-corrected chi connectivity index (χ1v) is 7.04. The normalized spacial score (nSPS) is 25.6. The lowest BCUT2D eigenvalue weighted by atomic mass is 9.78. The van der Waals surface area contributed by atoms with E-state index in [4.69, 9.17) is 0 Å². The average Bonchev–Trinajstić information content (AvgIpc) is 2.53. The Labute approximate surface area is 139 Å². The van der Waals surface area contributed by atoms with Crippen LogP contribution >= 0.6 is 24.8 Å². The largest absolute Gasteiger partial charge is 0.506 e. The molecule has 0 bridgehead atoms. The lowest BCUT2D eigenvalue weighted by molar-refractivity contribution is -0.0392. The van der Waals surface area contributed by atoms with Crippen molar-refractivity contribution in [3.8, 4) is 5.75 Å². The molecule has 21 heavy (non-hydrogen) atoms. The number of nitrogens with zero attached hydrogens (tertiary/aromatic N) is 2. The standard InChI is InChI=1S/C15H24N2O2.2ClH/c1-17(2)11-12-6-4-3-5-7-15(12,19)13-8-14(18)10-16-9-13;;/h8-10,12,18-19H,3-7,11H2,1-2H3;2*1H. The summed E-state index contributed by atoms with van der Waals surface area (Å²) >= 11 is 0. The average molecular weight is 337 g/mol. The summed E-state index contributed by atoms with van der Waals surface area (Å²) in [5, 5.41) is 20.8. The summed E-state index contributed by atoms with van der Waals surface area (Å²) in [7, 11) is 4.07. The van der Waals surface area contributed by atoms with Crippen LogP contribution in [0, 0.1) is 5.92 Å². The second kappa shape index (κ2) is 8.79. The van der Waals surface area contributed by atoms with Gasteiger partial charge in [0.15, 0.2) is 0 Å². The molecule has 2 rings (SSSR count). The Morgan fingerprint density at radius 2 is 1.95 bits per heavy atom. The number of hydrogen-bond donors (Lipinski definition) is 2. The van der Waals surface area contributed by atoms with E-state index in [0.29, 0.717) is 0 Å².